The lowest BCUT2D eigenvalue weighted by Crippen LogP contribution is -2.30. The lowest BCUT2D eigenvalue weighted by molar-refractivity contribution is 0.461. The number of rotatable bonds is 0. The van der Waals surface area contributed by atoms with Crippen LogP contribution in [0.15, 0.2) is 95.1 Å². The van der Waals surface area contributed by atoms with Gasteiger partial charge in [0.2, 0.25) is 0 Å². The number of fused-ring (bicyclic) bond motifs is 5. The summed E-state index contributed by atoms with van der Waals surface area (Å²) in [4.78, 5) is 2.35. The highest BCUT2D eigenvalue weighted by atomic mass is 15.2. The summed E-state index contributed by atoms with van der Waals surface area (Å²) < 4.78 is 0. The van der Waals surface area contributed by atoms with Crippen LogP contribution in [0.2, 0.25) is 0 Å². The molecule has 20 heavy (non-hydrogen) atoms. The van der Waals surface area contributed by atoms with E-state index in [0.717, 1.165) is 0 Å². The van der Waals surface area contributed by atoms with Crippen LogP contribution >= 0.6 is 0 Å². The first-order valence-corrected chi connectivity index (χ1v) is 7.05. The summed E-state index contributed by atoms with van der Waals surface area (Å²) in [7, 11) is 0. The molecule has 5 rings (SSSR count). The van der Waals surface area contributed by atoms with Gasteiger partial charge in [0.25, 0.3) is 0 Å². The highest BCUT2D eigenvalue weighted by Gasteiger charge is 2.36. The zero-order valence-corrected chi connectivity index (χ0v) is 11.0. The summed E-state index contributed by atoms with van der Waals surface area (Å²) in [6.45, 7) is 0. The van der Waals surface area contributed by atoms with Crippen molar-refractivity contribution in [3.63, 3.8) is 0 Å². The second-order valence-corrected chi connectivity index (χ2v) is 5.55. The van der Waals surface area contributed by atoms with Crippen LogP contribution in [0.25, 0.3) is 0 Å². The molecule has 2 heteroatoms. The SMILES string of the molecule is C1=CC2=CC3=C4NC5C=CC=CC5=C4C=CN3C2C=C1. The van der Waals surface area contributed by atoms with Crippen LogP contribution in [0.4, 0.5) is 0 Å². The van der Waals surface area contributed by atoms with Crippen LogP contribution in [0.5, 0.6) is 0 Å². The van der Waals surface area contributed by atoms with Gasteiger partial charge in [-0.15, -0.1) is 0 Å². The zero-order valence-electron chi connectivity index (χ0n) is 11.0. The summed E-state index contributed by atoms with van der Waals surface area (Å²) in [5, 5.41) is 3.66. The van der Waals surface area contributed by atoms with E-state index < -0.39 is 0 Å². The van der Waals surface area contributed by atoms with Gasteiger partial charge in [0.05, 0.1) is 23.5 Å². The molecule has 2 nitrogen and oxygen atoms in total. The van der Waals surface area contributed by atoms with Gasteiger partial charge in [-0.1, -0.05) is 48.6 Å². The molecule has 0 radical (unpaired) electrons. The van der Waals surface area contributed by atoms with Gasteiger partial charge < -0.3 is 10.2 Å². The van der Waals surface area contributed by atoms with E-state index in [-0.39, 0.29) is 0 Å². The van der Waals surface area contributed by atoms with Gasteiger partial charge in [0.1, 0.15) is 0 Å². The molecule has 0 aromatic heterocycles. The molecule has 3 heterocycles. The van der Waals surface area contributed by atoms with E-state index in [2.05, 4.69) is 77.2 Å². The Morgan fingerprint density at radius 3 is 2.85 bits per heavy atom. The Hall–Kier alpha value is -2.48. The molecule has 3 aliphatic heterocycles. The van der Waals surface area contributed by atoms with Crippen LogP contribution in [-0.4, -0.2) is 17.0 Å². The number of nitrogens with one attached hydrogen (secondary N) is 1. The highest BCUT2D eigenvalue weighted by molar-refractivity contribution is 5.64. The molecule has 0 fully saturated rings. The molecule has 96 valence electrons. The first kappa shape index (κ1) is 10.3. The van der Waals surface area contributed by atoms with Crippen molar-refractivity contribution in [2.45, 2.75) is 12.1 Å². The predicted molar refractivity (Wildman–Crippen MR) is 80.4 cm³/mol. The van der Waals surface area contributed by atoms with Gasteiger partial charge >= 0.3 is 0 Å². The van der Waals surface area contributed by atoms with Crippen molar-refractivity contribution in [2.75, 3.05) is 0 Å². The van der Waals surface area contributed by atoms with Gasteiger partial charge in [0, 0.05) is 11.8 Å². The molecular formula is C18H14N2. The Balaban J connectivity index is 1.70. The fourth-order valence-electron chi connectivity index (χ4n) is 3.54. The standard InChI is InChI=1S/C18H14N2/c1-4-8-16-12(5-1)11-17-18-14(9-10-20(16)17)13-6-2-3-7-15(13)19-18/h1-11,15-16,19H. The summed E-state index contributed by atoms with van der Waals surface area (Å²) >= 11 is 0. The minimum absolute atomic E-state index is 0.328. The maximum atomic E-state index is 3.66. The molecule has 0 amide bonds. The Bertz CT molecular complexity index is 750. The summed E-state index contributed by atoms with van der Waals surface area (Å²) in [6, 6.07) is 0.690. The fourth-order valence-corrected chi connectivity index (χ4v) is 3.54. The van der Waals surface area contributed by atoms with Gasteiger partial charge in [-0.3, -0.25) is 0 Å². The molecule has 2 aliphatic carbocycles. The van der Waals surface area contributed by atoms with E-state index in [1.54, 1.807) is 0 Å². The van der Waals surface area contributed by atoms with Crippen molar-refractivity contribution in [2.24, 2.45) is 0 Å². The minimum atomic E-state index is 0.328. The summed E-state index contributed by atoms with van der Waals surface area (Å²) in [5.74, 6) is 0. The molecule has 0 aromatic carbocycles. The van der Waals surface area contributed by atoms with E-state index in [9.17, 15) is 0 Å². The molecule has 0 bridgehead atoms. The van der Waals surface area contributed by atoms with E-state index in [0.29, 0.717) is 12.1 Å². The van der Waals surface area contributed by atoms with Gasteiger partial charge in [-0.25, -0.2) is 0 Å². The molecular weight excluding hydrogens is 244 g/mol. The average Bonchev–Trinajstić information content (AvgIpc) is 3.05. The molecule has 2 atom stereocenters. The Kier molecular flexibility index (Phi) is 1.83. The molecule has 0 spiro atoms. The largest absolute Gasteiger partial charge is 0.373 e. The first-order valence-electron chi connectivity index (χ1n) is 7.05. The minimum Gasteiger partial charge on any atom is -0.373 e. The van der Waals surface area contributed by atoms with E-state index in [1.165, 1.54) is 28.1 Å². The molecule has 5 aliphatic rings. The lowest BCUT2D eigenvalue weighted by atomic mass is 9.98. The molecule has 1 N–H and O–H groups in total. The quantitative estimate of drug-likeness (QED) is 0.718. The third kappa shape index (κ3) is 1.19. The molecule has 0 aromatic rings. The third-order valence-electron chi connectivity index (χ3n) is 4.48. The van der Waals surface area contributed by atoms with Crippen LogP contribution < -0.4 is 5.32 Å². The summed E-state index contributed by atoms with van der Waals surface area (Å²) in [5.41, 5.74) is 6.65. The van der Waals surface area contributed by atoms with E-state index in [4.69, 9.17) is 0 Å². The van der Waals surface area contributed by atoms with Gasteiger partial charge in [0.15, 0.2) is 0 Å². The van der Waals surface area contributed by atoms with Crippen molar-refractivity contribution < 1.29 is 0 Å². The zero-order chi connectivity index (χ0) is 13.1. The Labute approximate surface area is 118 Å². The average molecular weight is 258 g/mol. The predicted octanol–water partition coefficient (Wildman–Crippen LogP) is 2.86. The maximum Gasteiger partial charge on any atom is 0.0774 e. The fraction of sp³-hybridized carbons (Fsp3) is 0.111. The smallest absolute Gasteiger partial charge is 0.0774 e. The van der Waals surface area contributed by atoms with Crippen molar-refractivity contribution in [3.05, 3.63) is 95.1 Å². The number of nitrogens with zero attached hydrogens (tertiary/aromatic N) is 1. The second kappa shape index (κ2) is 3.54. The number of hydrogen-bond acceptors (Lipinski definition) is 2. The first-order chi connectivity index (χ1) is 9.92. The molecule has 0 saturated heterocycles. The summed E-state index contributed by atoms with van der Waals surface area (Å²) in [6.07, 6.45) is 24.1. The molecule has 2 unspecified atom stereocenters. The topological polar surface area (TPSA) is 15.3 Å². The lowest BCUT2D eigenvalue weighted by Gasteiger charge is -2.28. The van der Waals surface area contributed by atoms with Crippen molar-refractivity contribution in [3.8, 4) is 0 Å². The third-order valence-corrected chi connectivity index (χ3v) is 4.48. The number of hydrogen-bond donors (Lipinski definition) is 1. The van der Waals surface area contributed by atoms with E-state index in [1.807, 2.05) is 0 Å². The normalized spacial score (nSPS) is 31.2. The Morgan fingerprint density at radius 1 is 0.950 bits per heavy atom. The van der Waals surface area contributed by atoms with Gasteiger partial charge in [-0.05, 0) is 23.3 Å². The Morgan fingerprint density at radius 2 is 1.85 bits per heavy atom. The van der Waals surface area contributed by atoms with Crippen LogP contribution in [0.1, 0.15) is 0 Å². The van der Waals surface area contributed by atoms with Crippen LogP contribution in [0, 0.1) is 0 Å². The van der Waals surface area contributed by atoms with Crippen LogP contribution in [0.3, 0.4) is 0 Å². The van der Waals surface area contributed by atoms with Crippen molar-refractivity contribution >= 4 is 0 Å². The van der Waals surface area contributed by atoms with Crippen molar-refractivity contribution in [1.82, 2.24) is 10.2 Å². The van der Waals surface area contributed by atoms with E-state index >= 15 is 0 Å². The number of allylic oxidation sites excluding steroid dienone is 6. The highest BCUT2D eigenvalue weighted by Crippen LogP contribution is 2.41. The van der Waals surface area contributed by atoms with Gasteiger partial charge in [-0.2, -0.15) is 0 Å². The maximum absolute atomic E-state index is 3.66. The second-order valence-electron chi connectivity index (χ2n) is 5.55. The molecule has 0 saturated carbocycles. The van der Waals surface area contributed by atoms with Crippen LogP contribution in [-0.2, 0) is 0 Å². The monoisotopic (exact) mass is 258 g/mol. The van der Waals surface area contributed by atoms with Crippen molar-refractivity contribution in [1.29, 1.82) is 0 Å².